The van der Waals surface area contributed by atoms with Gasteiger partial charge in [0.05, 0.1) is 6.04 Å². The zero-order chi connectivity index (χ0) is 12.5. The lowest BCUT2D eigenvalue weighted by Gasteiger charge is -2.23. The molecular formula is C12H16N4O. The first-order valence-corrected chi connectivity index (χ1v) is 5.49. The van der Waals surface area contributed by atoms with Gasteiger partial charge in [0.15, 0.2) is 0 Å². The van der Waals surface area contributed by atoms with Gasteiger partial charge in [0.2, 0.25) is 11.7 Å². The predicted molar refractivity (Wildman–Crippen MR) is 63.9 cm³/mol. The van der Waals surface area contributed by atoms with Crippen LogP contribution in [-0.4, -0.2) is 15.1 Å². The van der Waals surface area contributed by atoms with Crippen LogP contribution in [0.2, 0.25) is 0 Å². The molecule has 17 heavy (non-hydrogen) atoms. The van der Waals surface area contributed by atoms with Crippen molar-refractivity contribution in [2.45, 2.75) is 26.8 Å². The quantitative estimate of drug-likeness (QED) is 0.858. The fourth-order valence-electron chi connectivity index (χ4n) is 1.33. The highest BCUT2D eigenvalue weighted by Gasteiger charge is 2.27. The maximum absolute atomic E-state index is 6.05. The third kappa shape index (κ3) is 2.50. The highest BCUT2D eigenvalue weighted by molar-refractivity contribution is 5.47. The van der Waals surface area contributed by atoms with Crippen molar-refractivity contribution < 1.29 is 4.52 Å². The van der Waals surface area contributed by atoms with Gasteiger partial charge < -0.3 is 10.3 Å². The Bertz CT molecular complexity index is 487. The zero-order valence-electron chi connectivity index (χ0n) is 10.2. The molecule has 2 aromatic rings. The van der Waals surface area contributed by atoms with E-state index in [1.54, 1.807) is 6.20 Å². The van der Waals surface area contributed by atoms with E-state index in [0.29, 0.717) is 17.4 Å². The molecule has 0 aliphatic carbocycles. The van der Waals surface area contributed by atoms with E-state index in [1.807, 2.05) is 39.0 Å². The summed E-state index contributed by atoms with van der Waals surface area (Å²) in [7, 11) is 0. The van der Waals surface area contributed by atoms with Crippen molar-refractivity contribution in [3.8, 4) is 11.5 Å². The van der Waals surface area contributed by atoms with Gasteiger partial charge in [-0.1, -0.05) is 32.0 Å². The lowest BCUT2D eigenvalue weighted by atomic mass is 9.87. The average Bonchev–Trinajstić information content (AvgIpc) is 2.77. The summed E-state index contributed by atoms with van der Waals surface area (Å²) >= 11 is 0. The smallest absolute Gasteiger partial charge is 0.244 e. The molecule has 0 aliphatic rings. The van der Waals surface area contributed by atoms with Gasteiger partial charge in [-0.3, -0.25) is 4.98 Å². The summed E-state index contributed by atoms with van der Waals surface area (Å²) in [4.78, 5) is 8.44. The van der Waals surface area contributed by atoms with E-state index in [0.717, 1.165) is 0 Å². The highest BCUT2D eigenvalue weighted by Crippen LogP contribution is 2.30. The number of pyridine rings is 1. The minimum atomic E-state index is -0.285. The van der Waals surface area contributed by atoms with Gasteiger partial charge in [-0.2, -0.15) is 4.98 Å². The molecule has 0 saturated carbocycles. The van der Waals surface area contributed by atoms with Crippen molar-refractivity contribution in [3.05, 3.63) is 30.3 Å². The first-order valence-electron chi connectivity index (χ1n) is 5.49. The number of hydrogen-bond donors (Lipinski definition) is 1. The Labute approximate surface area is 100 Å². The van der Waals surface area contributed by atoms with Crippen LogP contribution in [0, 0.1) is 5.41 Å². The Morgan fingerprint density at radius 3 is 2.65 bits per heavy atom. The minimum absolute atomic E-state index is 0.117. The van der Waals surface area contributed by atoms with Gasteiger partial charge in [0.1, 0.15) is 5.69 Å². The largest absolute Gasteiger partial charge is 0.337 e. The lowest BCUT2D eigenvalue weighted by Crippen LogP contribution is -2.26. The molecule has 0 unspecified atom stereocenters. The van der Waals surface area contributed by atoms with Gasteiger partial charge in [0, 0.05) is 6.20 Å². The van der Waals surface area contributed by atoms with Crippen LogP contribution in [0.1, 0.15) is 32.7 Å². The molecule has 90 valence electrons. The SMILES string of the molecule is CC(C)(C)[C@@H](N)c1nc(-c2ccccn2)no1. The zero-order valence-corrected chi connectivity index (χ0v) is 10.2. The number of nitrogens with two attached hydrogens (primary N) is 1. The van der Waals surface area contributed by atoms with Crippen LogP contribution in [0.25, 0.3) is 11.5 Å². The Kier molecular flexibility index (Phi) is 2.93. The second kappa shape index (κ2) is 4.25. The Morgan fingerprint density at radius 1 is 1.29 bits per heavy atom. The summed E-state index contributed by atoms with van der Waals surface area (Å²) in [5.74, 6) is 0.915. The summed E-state index contributed by atoms with van der Waals surface area (Å²) in [5.41, 5.74) is 6.61. The first kappa shape index (κ1) is 11.7. The molecule has 0 fully saturated rings. The molecule has 2 rings (SSSR count). The minimum Gasteiger partial charge on any atom is -0.337 e. The van der Waals surface area contributed by atoms with E-state index < -0.39 is 0 Å². The molecule has 2 heterocycles. The van der Waals surface area contributed by atoms with Crippen molar-refractivity contribution in [1.29, 1.82) is 0 Å². The Balaban J connectivity index is 2.28. The second-order valence-electron chi connectivity index (χ2n) is 5.01. The summed E-state index contributed by atoms with van der Waals surface area (Å²) in [6.07, 6.45) is 1.69. The fraction of sp³-hybridized carbons (Fsp3) is 0.417. The van der Waals surface area contributed by atoms with E-state index in [4.69, 9.17) is 10.3 Å². The van der Waals surface area contributed by atoms with Crippen LogP contribution in [-0.2, 0) is 0 Å². The fourth-order valence-corrected chi connectivity index (χ4v) is 1.33. The van der Waals surface area contributed by atoms with Crippen molar-refractivity contribution in [2.24, 2.45) is 11.1 Å². The highest BCUT2D eigenvalue weighted by atomic mass is 16.5. The predicted octanol–water partition coefficient (Wildman–Crippen LogP) is 2.18. The molecule has 2 N–H and O–H groups in total. The van der Waals surface area contributed by atoms with Crippen molar-refractivity contribution in [3.63, 3.8) is 0 Å². The number of rotatable bonds is 2. The van der Waals surface area contributed by atoms with Crippen LogP contribution in [0.4, 0.5) is 0 Å². The van der Waals surface area contributed by atoms with Crippen LogP contribution in [0.5, 0.6) is 0 Å². The molecule has 5 nitrogen and oxygen atoms in total. The number of hydrogen-bond acceptors (Lipinski definition) is 5. The van der Waals surface area contributed by atoms with Crippen LogP contribution in [0.15, 0.2) is 28.9 Å². The summed E-state index contributed by atoms with van der Waals surface area (Å²) in [5, 5.41) is 3.89. The van der Waals surface area contributed by atoms with Crippen molar-refractivity contribution in [2.75, 3.05) is 0 Å². The standard InChI is InChI=1S/C12H16N4O/c1-12(2,3)9(13)11-15-10(16-17-11)8-6-4-5-7-14-8/h4-7,9H,13H2,1-3H3/t9-/m0/s1. The monoisotopic (exact) mass is 232 g/mol. The molecule has 0 radical (unpaired) electrons. The number of aromatic nitrogens is 3. The molecule has 0 amide bonds. The van der Waals surface area contributed by atoms with E-state index in [2.05, 4.69) is 15.1 Å². The molecule has 1 atom stereocenters. The third-order valence-corrected chi connectivity index (χ3v) is 2.53. The molecule has 0 bridgehead atoms. The summed E-state index contributed by atoms with van der Waals surface area (Å²) in [6, 6.07) is 5.26. The topological polar surface area (TPSA) is 77.8 Å². The number of nitrogens with zero attached hydrogens (tertiary/aromatic N) is 3. The molecule has 0 saturated heterocycles. The van der Waals surface area contributed by atoms with Gasteiger partial charge in [0.25, 0.3) is 0 Å². The van der Waals surface area contributed by atoms with E-state index in [-0.39, 0.29) is 11.5 Å². The van der Waals surface area contributed by atoms with Crippen molar-refractivity contribution in [1.82, 2.24) is 15.1 Å². The summed E-state index contributed by atoms with van der Waals surface area (Å²) in [6.45, 7) is 6.09. The van der Waals surface area contributed by atoms with Crippen LogP contribution >= 0.6 is 0 Å². The molecule has 2 aromatic heterocycles. The van der Waals surface area contributed by atoms with Gasteiger partial charge in [-0.25, -0.2) is 0 Å². The van der Waals surface area contributed by atoms with E-state index in [9.17, 15) is 0 Å². The van der Waals surface area contributed by atoms with Crippen molar-refractivity contribution >= 4 is 0 Å². The molecule has 0 spiro atoms. The molecule has 5 heteroatoms. The normalized spacial score (nSPS) is 13.6. The van der Waals surface area contributed by atoms with Crippen LogP contribution < -0.4 is 5.73 Å². The van der Waals surface area contributed by atoms with Gasteiger partial charge in [-0.15, -0.1) is 0 Å². The molecular weight excluding hydrogens is 216 g/mol. The third-order valence-electron chi connectivity index (χ3n) is 2.53. The molecule has 0 aromatic carbocycles. The average molecular weight is 232 g/mol. The lowest BCUT2D eigenvalue weighted by molar-refractivity contribution is 0.253. The van der Waals surface area contributed by atoms with E-state index in [1.165, 1.54) is 0 Å². The first-order chi connectivity index (χ1) is 7.98. The van der Waals surface area contributed by atoms with Crippen LogP contribution in [0.3, 0.4) is 0 Å². The molecule has 0 aliphatic heterocycles. The Hall–Kier alpha value is -1.75. The summed E-state index contributed by atoms with van der Waals surface area (Å²) < 4.78 is 5.18. The maximum Gasteiger partial charge on any atom is 0.244 e. The van der Waals surface area contributed by atoms with E-state index >= 15 is 0 Å². The maximum atomic E-state index is 6.05. The Morgan fingerprint density at radius 2 is 2.06 bits per heavy atom. The second-order valence-corrected chi connectivity index (χ2v) is 5.01. The van der Waals surface area contributed by atoms with Gasteiger partial charge in [-0.05, 0) is 17.5 Å². The van der Waals surface area contributed by atoms with Gasteiger partial charge >= 0.3 is 0 Å².